The summed E-state index contributed by atoms with van der Waals surface area (Å²) in [6.07, 6.45) is 1.75. The van der Waals surface area contributed by atoms with Crippen LogP contribution >= 0.6 is 0 Å². The molecule has 0 atom stereocenters. The molecule has 0 fully saturated rings. The lowest BCUT2D eigenvalue weighted by molar-refractivity contribution is 0.476. The molecule has 0 saturated heterocycles. The summed E-state index contributed by atoms with van der Waals surface area (Å²) in [4.78, 5) is 4.30. The van der Waals surface area contributed by atoms with Gasteiger partial charge in [0.15, 0.2) is 0 Å². The first-order valence-electron chi connectivity index (χ1n) is 6.72. The molecule has 0 unspecified atom stereocenters. The number of halogens is 1. The molecule has 3 rings (SSSR count). The van der Waals surface area contributed by atoms with Gasteiger partial charge >= 0.3 is 0 Å². The zero-order valence-corrected chi connectivity index (χ0v) is 11.6. The van der Waals surface area contributed by atoms with Gasteiger partial charge in [0.05, 0.1) is 5.52 Å². The van der Waals surface area contributed by atoms with Crippen LogP contribution < -0.4 is 10.1 Å². The van der Waals surface area contributed by atoms with Crippen molar-refractivity contribution in [3.63, 3.8) is 0 Å². The fourth-order valence-corrected chi connectivity index (χ4v) is 2.26. The van der Waals surface area contributed by atoms with Gasteiger partial charge in [-0.25, -0.2) is 4.39 Å². The molecule has 0 radical (unpaired) electrons. The Morgan fingerprint density at radius 3 is 2.86 bits per heavy atom. The fraction of sp³-hybridized carbons (Fsp3) is 0.118. The Kier molecular flexibility index (Phi) is 3.79. The molecule has 0 amide bonds. The smallest absolute Gasteiger partial charge is 0.136 e. The molecule has 21 heavy (non-hydrogen) atoms. The van der Waals surface area contributed by atoms with E-state index >= 15 is 0 Å². The lowest BCUT2D eigenvalue weighted by Crippen LogP contribution is -2.06. The van der Waals surface area contributed by atoms with E-state index in [9.17, 15) is 4.39 Å². The number of fused-ring (bicyclic) bond motifs is 1. The van der Waals surface area contributed by atoms with Crippen molar-refractivity contribution >= 4 is 10.9 Å². The molecule has 3 aromatic rings. The number of ether oxygens (including phenoxy) is 1. The third kappa shape index (κ3) is 2.85. The minimum atomic E-state index is -0.271. The van der Waals surface area contributed by atoms with Crippen molar-refractivity contribution in [1.82, 2.24) is 10.3 Å². The number of aromatic nitrogens is 1. The first kappa shape index (κ1) is 13.5. The summed E-state index contributed by atoms with van der Waals surface area (Å²) in [6.45, 7) is 0.538. The van der Waals surface area contributed by atoms with E-state index in [-0.39, 0.29) is 5.82 Å². The van der Waals surface area contributed by atoms with Crippen LogP contribution in [0.15, 0.2) is 54.7 Å². The van der Waals surface area contributed by atoms with Crippen LogP contribution in [-0.2, 0) is 6.54 Å². The monoisotopic (exact) mass is 282 g/mol. The number of benzene rings is 2. The molecule has 0 aliphatic rings. The van der Waals surface area contributed by atoms with Crippen LogP contribution in [0.4, 0.5) is 4.39 Å². The molecule has 0 saturated carbocycles. The van der Waals surface area contributed by atoms with Gasteiger partial charge in [0, 0.05) is 23.7 Å². The van der Waals surface area contributed by atoms with Gasteiger partial charge in [0.1, 0.15) is 17.3 Å². The van der Waals surface area contributed by atoms with E-state index in [2.05, 4.69) is 10.3 Å². The molecule has 0 spiro atoms. The summed E-state index contributed by atoms with van der Waals surface area (Å²) in [5.41, 5.74) is 1.64. The van der Waals surface area contributed by atoms with Gasteiger partial charge < -0.3 is 10.1 Å². The Hall–Kier alpha value is -2.46. The van der Waals surface area contributed by atoms with Crippen molar-refractivity contribution < 1.29 is 9.13 Å². The maximum absolute atomic E-state index is 13.4. The Bertz CT molecular complexity index is 768. The van der Waals surface area contributed by atoms with E-state index < -0.39 is 0 Å². The van der Waals surface area contributed by atoms with Gasteiger partial charge in [0.2, 0.25) is 0 Å². The van der Waals surface area contributed by atoms with Crippen LogP contribution in [0, 0.1) is 5.82 Å². The van der Waals surface area contributed by atoms with Crippen LogP contribution in [0.2, 0.25) is 0 Å². The predicted octanol–water partition coefficient (Wildman–Crippen LogP) is 3.89. The number of pyridine rings is 1. The van der Waals surface area contributed by atoms with E-state index in [1.807, 2.05) is 37.4 Å². The Morgan fingerprint density at radius 1 is 1.10 bits per heavy atom. The van der Waals surface area contributed by atoms with Gasteiger partial charge in [-0.05, 0) is 49.5 Å². The predicted molar refractivity (Wildman–Crippen MR) is 81.0 cm³/mol. The van der Waals surface area contributed by atoms with Gasteiger partial charge in [-0.3, -0.25) is 4.98 Å². The highest BCUT2D eigenvalue weighted by Crippen LogP contribution is 2.31. The van der Waals surface area contributed by atoms with Gasteiger partial charge in [-0.2, -0.15) is 0 Å². The van der Waals surface area contributed by atoms with Crippen LogP contribution in [0.25, 0.3) is 10.9 Å². The Labute approximate surface area is 122 Å². The number of nitrogens with zero attached hydrogens (tertiary/aromatic N) is 1. The zero-order chi connectivity index (χ0) is 14.7. The first-order valence-corrected chi connectivity index (χ1v) is 6.72. The molecule has 1 heterocycles. The average Bonchev–Trinajstić information content (AvgIpc) is 2.50. The minimum Gasteiger partial charge on any atom is -0.456 e. The van der Waals surface area contributed by atoms with Crippen LogP contribution in [0.5, 0.6) is 11.5 Å². The molecule has 1 aromatic heterocycles. The zero-order valence-electron chi connectivity index (χ0n) is 11.6. The maximum Gasteiger partial charge on any atom is 0.136 e. The van der Waals surface area contributed by atoms with Gasteiger partial charge in [-0.15, -0.1) is 0 Å². The maximum atomic E-state index is 13.4. The summed E-state index contributed by atoms with van der Waals surface area (Å²) in [6, 6.07) is 14.1. The molecule has 0 aliphatic carbocycles. The second-order valence-electron chi connectivity index (χ2n) is 4.71. The van der Waals surface area contributed by atoms with E-state index in [4.69, 9.17) is 4.74 Å². The minimum absolute atomic E-state index is 0.271. The lowest BCUT2D eigenvalue weighted by Gasteiger charge is -2.12. The summed E-state index contributed by atoms with van der Waals surface area (Å²) >= 11 is 0. The van der Waals surface area contributed by atoms with E-state index in [0.717, 1.165) is 16.5 Å². The second-order valence-corrected chi connectivity index (χ2v) is 4.71. The number of hydrogen-bond donors (Lipinski definition) is 1. The second kappa shape index (κ2) is 5.89. The first-order chi connectivity index (χ1) is 10.3. The molecule has 4 heteroatoms. The SMILES string of the molecule is CNCc1cc(F)ccc1Oc1cccc2ncccc12. The Morgan fingerprint density at radius 2 is 2.00 bits per heavy atom. The van der Waals surface area contributed by atoms with Crippen molar-refractivity contribution in [1.29, 1.82) is 0 Å². The molecule has 2 aromatic carbocycles. The highest BCUT2D eigenvalue weighted by molar-refractivity contribution is 5.85. The molecule has 0 bridgehead atoms. The van der Waals surface area contributed by atoms with Gasteiger partial charge in [0.25, 0.3) is 0 Å². The number of nitrogens with one attached hydrogen (secondary N) is 1. The van der Waals surface area contributed by atoms with Crippen molar-refractivity contribution in [3.05, 3.63) is 66.1 Å². The molecule has 3 nitrogen and oxygen atoms in total. The molecule has 1 N–H and O–H groups in total. The van der Waals surface area contributed by atoms with Crippen molar-refractivity contribution in [2.24, 2.45) is 0 Å². The summed E-state index contributed by atoms with van der Waals surface area (Å²) in [7, 11) is 1.82. The lowest BCUT2D eigenvalue weighted by atomic mass is 10.1. The van der Waals surface area contributed by atoms with Gasteiger partial charge in [-0.1, -0.05) is 6.07 Å². The highest BCUT2D eigenvalue weighted by Gasteiger charge is 2.08. The van der Waals surface area contributed by atoms with E-state index in [0.29, 0.717) is 18.0 Å². The quantitative estimate of drug-likeness (QED) is 0.788. The van der Waals surface area contributed by atoms with Crippen LogP contribution in [-0.4, -0.2) is 12.0 Å². The van der Waals surface area contributed by atoms with Crippen molar-refractivity contribution in [2.75, 3.05) is 7.05 Å². The largest absolute Gasteiger partial charge is 0.456 e. The number of hydrogen-bond acceptors (Lipinski definition) is 3. The third-order valence-corrected chi connectivity index (χ3v) is 3.22. The Balaban J connectivity index is 2.02. The van der Waals surface area contributed by atoms with E-state index in [1.165, 1.54) is 12.1 Å². The highest BCUT2D eigenvalue weighted by atomic mass is 19.1. The van der Waals surface area contributed by atoms with Crippen LogP contribution in [0.3, 0.4) is 0 Å². The third-order valence-electron chi connectivity index (χ3n) is 3.22. The molecule has 0 aliphatic heterocycles. The normalized spacial score (nSPS) is 10.8. The summed E-state index contributed by atoms with van der Waals surface area (Å²) < 4.78 is 19.4. The topological polar surface area (TPSA) is 34.1 Å². The average molecular weight is 282 g/mol. The van der Waals surface area contributed by atoms with Crippen molar-refractivity contribution in [3.8, 4) is 11.5 Å². The van der Waals surface area contributed by atoms with Crippen LogP contribution in [0.1, 0.15) is 5.56 Å². The standard InChI is InChI=1S/C17H15FN2O/c1-19-11-12-10-13(18)7-8-16(12)21-17-6-2-5-15-14(17)4-3-9-20-15/h2-10,19H,11H2,1H3. The molecular weight excluding hydrogens is 267 g/mol. The summed E-state index contributed by atoms with van der Waals surface area (Å²) in [5.74, 6) is 1.08. The molecular formula is C17H15FN2O. The van der Waals surface area contributed by atoms with Crippen molar-refractivity contribution in [2.45, 2.75) is 6.54 Å². The number of rotatable bonds is 4. The molecule has 106 valence electrons. The van der Waals surface area contributed by atoms with E-state index in [1.54, 1.807) is 12.3 Å². The summed E-state index contributed by atoms with van der Waals surface area (Å²) in [5, 5.41) is 3.95. The fourth-order valence-electron chi connectivity index (χ4n) is 2.26.